The molecule has 0 saturated carbocycles. The van der Waals surface area contributed by atoms with Crippen LogP contribution in [-0.2, 0) is 14.3 Å². The summed E-state index contributed by atoms with van der Waals surface area (Å²) in [6.07, 6.45) is 5.22. The van der Waals surface area contributed by atoms with Crippen molar-refractivity contribution in [2.75, 3.05) is 26.4 Å². The average Bonchev–Trinajstić information content (AvgIpc) is 2.21. The smallest absolute Gasteiger partial charge is 0.268 e. The maximum absolute atomic E-state index is 11.6. The lowest BCUT2D eigenvalue weighted by Crippen LogP contribution is -2.25. The van der Waals surface area contributed by atoms with Crippen LogP contribution in [0.25, 0.3) is 0 Å². The minimum atomic E-state index is -3.36. The lowest BCUT2D eigenvalue weighted by atomic mass is 10.1. The molecular formula is C12H27NO3S. The number of hydrogen-bond donors (Lipinski definition) is 0. The molecule has 0 unspecified atom stereocenters. The van der Waals surface area contributed by atoms with Crippen LogP contribution in [0.4, 0.5) is 0 Å². The third-order valence-corrected chi connectivity index (χ3v) is 3.87. The second kappa shape index (κ2) is 8.89. The van der Waals surface area contributed by atoms with Crippen LogP contribution < -0.4 is 0 Å². The largest absolute Gasteiger partial charge is 0.308 e. The summed E-state index contributed by atoms with van der Waals surface area (Å²) in [5.41, 5.74) is 0. The summed E-state index contributed by atoms with van der Waals surface area (Å²) >= 11 is 0. The quantitative estimate of drug-likeness (QED) is 0.449. The second-order valence-electron chi connectivity index (χ2n) is 4.82. The SMILES string of the molecule is CCCCCC[C@@H](C)OS(=O)(=O)CCN(C)C. The van der Waals surface area contributed by atoms with Gasteiger partial charge >= 0.3 is 0 Å². The molecule has 1 atom stereocenters. The van der Waals surface area contributed by atoms with Gasteiger partial charge in [0.25, 0.3) is 10.1 Å². The number of hydrogen-bond acceptors (Lipinski definition) is 4. The van der Waals surface area contributed by atoms with Gasteiger partial charge in [-0.3, -0.25) is 4.18 Å². The van der Waals surface area contributed by atoms with E-state index in [0.29, 0.717) is 6.54 Å². The molecule has 0 aromatic rings. The highest BCUT2D eigenvalue weighted by molar-refractivity contribution is 7.86. The molecule has 0 aromatic heterocycles. The van der Waals surface area contributed by atoms with Crippen LogP contribution in [-0.4, -0.2) is 45.8 Å². The van der Waals surface area contributed by atoms with Crippen molar-refractivity contribution in [2.45, 2.75) is 52.1 Å². The van der Waals surface area contributed by atoms with E-state index in [1.807, 2.05) is 25.9 Å². The van der Waals surface area contributed by atoms with E-state index in [2.05, 4.69) is 6.92 Å². The molecule has 0 aromatic carbocycles. The summed E-state index contributed by atoms with van der Waals surface area (Å²) in [6.45, 7) is 4.50. The van der Waals surface area contributed by atoms with Crippen molar-refractivity contribution in [1.82, 2.24) is 4.90 Å². The van der Waals surface area contributed by atoms with Crippen molar-refractivity contribution >= 4 is 10.1 Å². The van der Waals surface area contributed by atoms with Crippen molar-refractivity contribution in [3.05, 3.63) is 0 Å². The van der Waals surface area contributed by atoms with Crippen LogP contribution in [0.1, 0.15) is 46.0 Å². The van der Waals surface area contributed by atoms with Gasteiger partial charge in [-0.15, -0.1) is 0 Å². The topological polar surface area (TPSA) is 46.6 Å². The maximum Gasteiger partial charge on any atom is 0.268 e. The first-order valence-corrected chi connectivity index (χ1v) is 8.01. The van der Waals surface area contributed by atoms with E-state index in [-0.39, 0.29) is 11.9 Å². The lowest BCUT2D eigenvalue weighted by Gasteiger charge is -2.14. The van der Waals surface area contributed by atoms with Gasteiger partial charge in [0.1, 0.15) is 0 Å². The van der Waals surface area contributed by atoms with Crippen molar-refractivity contribution in [2.24, 2.45) is 0 Å². The highest BCUT2D eigenvalue weighted by atomic mass is 32.2. The van der Waals surface area contributed by atoms with Gasteiger partial charge in [0.15, 0.2) is 0 Å². The second-order valence-corrected chi connectivity index (χ2v) is 6.54. The Morgan fingerprint density at radius 1 is 1.18 bits per heavy atom. The van der Waals surface area contributed by atoms with E-state index < -0.39 is 10.1 Å². The zero-order valence-electron chi connectivity index (χ0n) is 11.6. The van der Waals surface area contributed by atoms with E-state index in [9.17, 15) is 8.42 Å². The Labute approximate surface area is 106 Å². The first kappa shape index (κ1) is 16.9. The Bertz CT molecular complexity index is 275. The van der Waals surface area contributed by atoms with Crippen molar-refractivity contribution in [3.63, 3.8) is 0 Å². The van der Waals surface area contributed by atoms with Crippen LogP contribution in [0.15, 0.2) is 0 Å². The van der Waals surface area contributed by atoms with Crippen LogP contribution >= 0.6 is 0 Å². The predicted octanol–water partition coefficient (Wildman–Crippen LogP) is 2.25. The molecule has 0 amide bonds. The van der Waals surface area contributed by atoms with E-state index in [4.69, 9.17) is 4.18 Å². The molecule has 0 radical (unpaired) electrons. The third kappa shape index (κ3) is 10.7. The summed E-state index contributed by atoms with van der Waals surface area (Å²) in [5.74, 6) is 0.0687. The number of rotatable bonds is 10. The molecule has 5 heteroatoms. The number of nitrogens with zero attached hydrogens (tertiary/aromatic N) is 1. The molecule has 0 aliphatic heterocycles. The fourth-order valence-electron chi connectivity index (χ4n) is 1.50. The van der Waals surface area contributed by atoms with Crippen LogP contribution in [0.2, 0.25) is 0 Å². The molecular weight excluding hydrogens is 238 g/mol. The van der Waals surface area contributed by atoms with E-state index >= 15 is 0 Å². The van der Waals surface area contributed by atoms with Gasteiger partial charge in [-0.2, -0.15) is 8.42 Å². The van der Waals surface area contributed by atoms with Crippen LogP contribution in [0, 0.1) is 0 Å². The van der Waals surface area contributed by atoms with Gasteiger partial charge in [-0.1, -0.05) is 32.6 Å². The average molecular weight is 265 g/mol. The summed E-state index contributed by atoms with van der Waals surface area (Å²) in [4.78, 5) is 1.84. The minimum absolute atomic E-state index is 0.0687. The molecule has 17 heavy (non-hydrogen) atoms. The molecule has 0 bridgehead atoms. The standard InChI is InChI=1S/C12H27NO3S/c1-5-6-7-8-9-12(2)16-17(14,15)11-10-13(3)4/h12H,5-11H2,1-4H3/t12-/m1/s1. The molecule has 104 valence electrons. The Hall–Kier alpha value is -0.130. The highest BCUT2D eigenvalue weighted by Crippen LogP contribution is 2.10. The van der Waals surface area contributed by atoms with Gasteiger partial charge in [-0.05, 0) is 27.4 Å². The normalized spacial score (nSPS) is 14.2. The summed E-state index contributed by atoms with van der Waals surface area (Å²) in [7, 11) is 0.342. The maximum atomic E-state index is 11.6. The fraction of sp³-hybridized carbons (Fsp3) is 1.00. The van der Waals surface area contributed by atoms with E-state index in [1.54, 1.807) is 0 Å². The van der Waals surface area contributed by atoms with Crippen LogP contribution in [0.3, 0.4) is 0 Å². The number of unbranched alkanes of at least 4 members (excludes halogenated alkanes) is 3. The van der Waals surface area contributed by atoms with Gasteiger partial charge in [-0.25, -0.2) is 0 Å². The van der Waals surface area contributed by atoms with Crippen molar-refractivity contribution in [1.29, 1.82) is 0 Å². The fourth-order valence-corrected chi connectivity index (χ4v) is 2.78. The molecule has 4 nitrogen and oxygen atoms in total. The van der Waals surface area contributed by atoms with Crippen molar-refractivity contribution in [3.8, 4) is 0 Å². The molecule has 0 N–H and O–H groups in total. The van der Waals surface area contributed by atoms with Gasteiger partial charge in [0, 0.05) is 6.54 Å². The molecule has 0 aliphatic carbocycles. The molecule has 0 heterocycles. The third-order valence-electron chi connectivity index (χ3n) is 2.56. The Balaban J connectivity index is 3.81. The Morgan fingerprint density at radius 3 is 2.35 bits per heavy atom. The first-order chi connectivity index (χ1) is 7.87. The zero-order chi connectivity index (χ0) is 13.3. The minimum Gasteiger partial charge on any atom is -0.308 e. The first-order valence-electron chi connectivity index (χ1n) is 6.43. The molecule has 0 rings (SSSR count). The monoisotopic (exact) mass is 265 g/mol. The summed E-state index contributed by atoms with van der Waals surface area (Å²) in [5, 5.41) is 0. The zero-order valence-corrected chi connectivity index (χ0v) is 12.4. The van der Waals surface area contributed by atoms with Crippen LogP contribution in [0.5, 0.6) is 0 Å². The van der Waals surface area contributed by atoms with Crippen molar-refractivity contribution < 1.29 is 12.6 Å². The highest BCUT2D eigenvalue weighted by Gasteiger charge is 2.15. The van der Waals surface area contributed by atoms with E-state index in [0.717, 1.165) is 19.3 Å². The molecule has 0 fully saturated rings. The van der Waals surface area contributed by atoms with Gasteiger partial charge < -0.3 is 4.90 Å². The molecule has 0 spiro atoms. The lowest BCUT2D eigenvalue weighted by molar-refractivity contribution is 0.212. The Kier molecular flexibility index (Phi) is 8.82. The van der Waals surface area contributed by atoms with Gasteiger partial charge in [0.2, 0.25) is 0 Å². The summed E-state index contributed by atoms with van der Waals surface area (Å²) in [6, 6.07) is 0. The van der Waals surface area contributed by atoms with Gasteiger partial charge in [0.05, 0.1) is 11.9 Å². The molecule has 0 aliphatic rings. The summed E-state index contributed by atoms with van der Waals surface area (Å²) < 4.78 is 28.3. The molecule has 0 saturated heterocycles. The predicted molar refractivity (Wildman–Crippen MR) is 71.6 cm³/mol. The Morgan fingerprint density at radius 2 is 1.82 bits per heavy atom. The van der Waals surface area contributed by atoms with E-state index in [1.165, 1.54) is 12.8 Å².